The number of nitrogens with zero attached hydrogens (tertiary/aromatic N) is 2. The molecule has 1 saturated heterocycles. The maximum atomic E-state index is 13.0. The largest absolute Gasteiger partial charge is 0.303 e. The van der Waals surface area contributed by atoms with Gasteiger partial charge in [0.15, 0.2) is 0 Å². The van der Waals surface area contributed by atoms with Crippen LogP contribution in [-0.2, 0) is 10.0 Å². The van der Waals surface area contributed by atoms with Gasteiger partial charge in [0.05, 0.1) is 10.4 Å². The zero-order chi connectivity index (χ0) is 15.7. The van der Waals surface area contributed by atoms with Gasteiger partial charge in [-0.1, -0.05) is 41.9 Å². The van der Waals surface area contributed by atoms with Gasteiger partial charge < -0.3 is 4.90 Å². The quantitative estimate of drug-likeness (QED) is 0.848. The molecule has 118 valence electrons. The van der Waals surface area contributed by atoms with Crippen molar-refractivity contribution in [2.45, 2.75) is 10.3 Å². The Morgan fingerprint density at radius 3 is 2.50 bits per heavy atom. The molecule has 3 rings (SSSR count). The third-order valence-corrected chi connectivity index (χ3v) is 7.44. The van der Waals surface area contributed by atoms with Crippen molar-refractivity contribution in [1.29, 1.82) is 0 Å². The van der Waals surface area contributed by atoms with Crippen LogP contribution in [0.25, 0.3) is 0 Å². The average molecular weight is 357 g/mol. The second-order valence-electron chi connectivity index (χ2n) is 5.36. The Bertz CT molecular complexity index is 746. The predicted octanol–water partition coefficient (Wildman–Crippen LogP) is 3.08. The molecule has 1 aromatic heterocycles. The molecule has 0 radical (unpaired) electrons. The summed E-state index contributed by atoms with van der Waals surface area (Å²) in [5, 5.41) is 0. The van der Waals surface area contributed by atoms with Gasteiger partial charge in [-0.05, 0) is 24.7 Å². The van der Waals surface area contributed by atoms with Crippen LogP contribution < -0.4 is 0 Å². The van der Waals surface area contributed by atoms with E-state index in [4.69, 9.17) is 11.6 Å². The lowest BCUT2D eigenvalue weighted by atomic mass is 10.1. The van der Waals surface area contributed by atoms with Gasteiger partial charge >= 0.3 is 0 Å². The van der Waals surface area contributed by atoms with Crippen molar-refractivity contribution < 1.29 is 8.42 Å². The zero-order valence-electron chi connectivity index (χ0n) is 12.1. The van der Waals surface area contributed by atoms with Crippen LogP contribution in [0.5, 0.6) is 0 Å². The number of hydrogen-bond acceptors (Lipinski definition) is 4. The van der Waals surface area contributed by atoms with E-state index < -0.39 is 10.0 Å². The van der Waals surface area contributed by atoms with E-state index in [-0.39, 0.29) is 6.04 Å². The van der Waals surface area contributed by atoms with Crippen molar-refractivity contribution in [3.8, 4) is 0 Å². The lowest BCUT2D eigenvalue weighted by Gasteiger charge is -2.39. The molecule has 1 unspecified atom stereocenters. The van der Waals surface area contributed by atoms with Gasteiger partial charge in [-0.25, -0.2) is 8.42 Å². The van der Waals surface area contributed by atoms with Crippen LogP contribution >= 0.6 is 22.9 Å². The molecular weight excluding hydrogens is 340 g/mol. The predicted molar refractivity (Wildman–Crippen MR) is 89.9 cm³/mol. The molecule has 0 spiro atoms. The molecule has 1 atom stereocenters. The first-order valence-electron chi connectivity index (χ1n) is 6.99. The highest BCUT2D eigenvalue weighted by atomic mass is 35.5. The van der Waals surface area contributed by atoms with E-state index in [0.29, 0.717) is 21.6 Å². The average Bonchev–Trinajstić information content (AvgIpc) is 2.95. The first-order valence-corrected chi connectivity index (χ1v) is 9.62. The highest BCUT2D eigenvalue weighted by molar-refractivity contribution is 7.91. The van der Waals surface area contributed by atoms with Gasteiger partial charge in [0.1, 0.15) is 4.21 Å². The zero-order valence-corrected chi connectivity index (χ0v) is 14.5. The normalized spacial score (nSPS) is 21.1. The Kier molecular flexibility index (Phi) is 4.56. The summed E-state index contributed by atoms with van der Waals surface area (Å²) < 4.78 is 28.3. The second kappa shape index (κ2) is 6.29. The maximum absolute atomic E-state index is 13.0. The number of sulfonamides is 1. The van der Waals surface area contributed by atoms with Crippen LogP contribution in [-0.4, -0.2) is 44.3 Å². The van der Waals surface area contributed by atoms with Crippen molar-refractivity contribution in [2.24, 2.45) is 0 Å². The third-order valence-electron chi connectivity index (χ3n) is 3.83. The lowest BCUT2D eigenvalue weighted by Crippen LogP contribution is -2.49. The molecule has 2 heterocycles. The maximum Gasteiger partial charge on any atom is 0.253 e. The molecule has 0 saturated carbocycles. The summed E-state index contributed by atoms with van der Waals surface area (Å²) in [6.07, 6.45) is 0. The van der Waals surface area contributed by atoms with E-state index in [1.807, 2.05) is 37.4 Å². The number of thiophene rings is 1. The number of benzene rings is 1. The van der Waals surface area contributed by atoms with Crippen LogP contribution in [0.1, 0.15) is 11.6 Å². The molecule has 0 aliphatic carbocycles. The molecule has 0 N–H and O–H groups in total. The van der Waals surface area contributed by atoms with Gasteiger partial charge in [-0.2, -0.15) is 4.31 Å². The molecule has 2 aromatic rings. The van der Waals surface area contributed by atoms with Gasteiger partial charge in [0, 0.05) is 19.6 Å². The van der Waals surface area contributed by atoms with Crippen molar-refractivity contribution in [2.75, 3.05) is 26.7 Å². The fourth-order valence-electron chi connectivity index (χ4n) is 2.69. The summed E-state index contributed by atoms with van der Waals surface area (Å²) >= 11 is 7.02. The number of rotatable bonds is 3. The summed E-state index contributed by atoms with van der Waals surface area (Å²) in [4.78, 5) is 2.16. The summed E-state index contributed by atoms with van der Waals surface area (Å²) in [6, 6.07) is 12.8. The monoisotopic (exact) mass is 356 g/mol. The Morgan fingerprint density at radius 1 is 1.14 bits per heavy atom. The Labute approximate surface area is 140 Å². The Morgan fingerprint density at radius 2 is 1.86 bits per heavy atom. The molecule has 1 fully saturated rings. The van der Waals surface area contributed by atoms with Crippen LogP contribution in [0.3, 0.4) is 0 Å². The van der Waals surface area contributed by atoms with E-state index in [1.165, 1.54) is 0 Å². The molecule has 1 aromatic carbocycles. The molecule has 22 heavy (non-hydrogen) atoms. The SMILES string of the molecule is CN1CCN(S(=O)(=O)c2ccc(Cl)s2)C(c2ccccc2)C1. The van der Waals surface area contributed by atoms with Crippen molar-refractivity contribution in [1.82, 2.24) is 9.21 Å². The summed E-state index contributed by atoms with van der Waals surface area (Å²) in [6.45, 7) is 1.89. The van der Waals surface area contributed by atoms with Crippen LogP contribution in [0.15, 0.2) is 46.7 Å². The Balaban J connectivity index is 1.99. The van der Waals surface area contributed by atoms with Crippen molar-refractivity contribution in [3.05, 3.63) is 52.4 Å². The van der Waals surface area contributed by atoms with Gasteiger partial charge in [-0.3, -0.25) is 0 Å². The van der Waals surface area contributed by atoms with Crippen molar-refractivity contribution in [3.63, 3.8) is 0 Å². The third kappa shape index (κ3) is 3.07. The first-order chi connectivity index (χ1) is 10.5. The summed E-state index contributed by atoms with van der Waals surface area (Å²) in [7, 11) is -1.51. The molecular formula is C15H17ClN2O2S2. The molecule has 1 aliphatic rings. The molecule has 4 nitrogen and oxygen atoms in total. The van der Waals surface area contributed by atoms with Gasteiger partial charge in [0.2, 0.25) is 0 Å². The van der Waals surface area contributed by atoms with Crippen LogP contribution in [0.4, 0.5) is 0 Å². The van der Waals surface area contributed by atoms with Crippen LogP contribution in [0, 0.1) is 0 Å². The minimum absolute atomic E-state index is 0.175. The highest BCUT2D eigenvalue weighted by Gasteiger charge is 2.36. The summed E-state index contributed by atoms with van der Waals surface area (Å²) in [5.41, 5.74) is 1.01. The van der Waals surface area contributed by atoms with Crippen LogP contribution in [0.2, 0.25) is 4.34 Å². The Hall–Kier alpha value is -0.920. The second-order valence-corrected chi connectivity index (χ2v) is 9.20. The van der Waals surface area contributed by atoms with Gasteiger partial charge in [0.25, 0.3) is 10.0 Å². The first kappa shape index (κ1) is 16.0. The smallest absolute Gasteiger partial charge is 0.253 e. The minimum Gasteiger partial charge on any atom is -0.303 e. The van der Waals surface area contributed by atoms with E-state index >= 15 is 0 Å². The number of piperazine rings is 1. The number of hydrogen-bond donors (Lipinski definition) is 0. The van der Waals surface area contributed by atoms with E-state index in [1.54, 1.807) is 16.4 Å². The standard InChI is InChI=1S/C15H17ClN2O2S2/c1-17-9-10-18(13(11-17)12-5-3-2-4-6-12)22(19,20)15-8-7-14(16)21-15/h2-8,13H,9-11H2,1H3. The summed E-state index contributed by atoms with van der Waals surface area (Å²) in [5.74, 6) is 0. The molecule has 7 heteroatoms. The highest BCUT2D eigenvalue weighted by Crippen LogP contribution is 2.34. The topological polar surface area (TPSA) is 40.6 Å². The molecule has 1 aliphatic heterocycles. The fourth-order valence-corrected chi connectivity index (χ4v) is 5.90. The van der Waals surface area contributed by atoms with Gasteiger partial charge in [-0.15, -0.1) is 11.3 Å². The lowest BCUT2D eigenvalue weighted by molar-refractivity contribution is 0.161. The molecule has 0 amide bonds. The van der Waals surface area contributed by atoms with Crippen molar-refractivity contribution >= 4 is 33.0 Å². The minimum atomic E-state index is -3.52. The number of halogens is 1. The fraction of sp³-hybridized carbons (Fsp3) is 0.333. The molecule has 0 bridgehead atoms. The van der Waals surface area contributed by atoms with E-state index in [2.05, 4.69) is 4.90 Å². The van der Waals surface area contributed by atoms with E-state index in [0.717, 1.165) is 23.4 Å². The number of likely N-dealkylation sites (N-methyl/N-ethyl adjacent to an activating group) is 1. The van der Waals surface area contributed by atoms with E-state index in [9.17, 15) is 8.42 Å².